The van der Waals surface area contributed by atoms with Crippen LogP contribution in [-0.4, -0.2) is 11.1 Å². The first-order valence-corrected chi connectivity index (χ1v) is 5.89. The number of carbonyl (C=O) groups is 1. The summed E-state index contributed by atoms with van der Waals surface area (Å²) in [6.45, 7) is 0. The van der Waals surface area contributed by atoms with E-state index in [9.17, 15) is 4.79 Å². The van der Waals surface area contributed by atoms with Gasteiger partial charge < -0.3 is 5.11 Å². The number of carboxylic acids is 1. The molecule has 0 aromatic heterocycles. The number of unbranched alkanes of at least 4 members (excludes halogenated alkanes) is 2. The van der Waals surface area contributed by atoms with Gasteiger partial charge in [-0.15, -0.1) is 0 Å². The van der Waals surface area contributed by atoms with Gasteiger partial charge >= 0.3 is 5.97 Å². The Hall–Kier alpha value is -1.83. The van der Waals surface area contributed by atoms with Gasteiger partial charge in [0.15, 0.2) is 0 Å². The largest absolute Gasteiger partial charge is 0.481 e. The minimum Gasteiger partial charge on any atom is -0.481 e. The van der Waals surface area contributed by atoms with Crippen molar-refractivity contribution in [3.05, 3.63) is 54.1 Å². The van der Waals surface area contributed by atoms with Gasteiger partial charge in [-0.05, 0) is 24.8 Å². The Bertz CT molecular complexity index is 377. The molecule has 1 aromatic carbocycles. The predicted octanol–water partition coefficient (Wildman–Crippen LogP) is 3.90. The van der Waals surface area contributed by atoms with Gasteiger partial charge in [0.05, 0.1) is 0 Å². The number of aliphatic carboxylic acids is 1. The second-order valence-electron chi connectivity index (χ2n) is 3.84. The lowest BCUT2D eigenvalue weighted by Gasteiger charge is -1.92. The number of hydrogen-bond donors (Lipinski definition) is 1. The van der Waals surface area contributed by atoms with Crippen molar-refractivity contribution in [1.82, 2.24) is 0 Å². The topological polar surface area (TPSA) is 37.3 Å². The molecule has 0 heterocycles. The molecule has 0 aliphatic rings. The fourth-order valence-electron chi connectivity index (χ4n) is 1.44. The lowest BCUT2D eigenvalue weighted by atomic mass is 10.2. The lowest BCUT2D eigenvalue weighted by Crippen LogP contribution is -1.92. The van der Waals surface area contributed by atoms with E-state index in [4.69, 9.17) is 5.11 Å². The molecule has 0 spiro atoms. The zero-order valence-electron chi connectivity index (χ0n) is 9.88. The van der Waals surface area contributed by atoms with Gasteiger partial charge in [0, 0.05) is 6.42 Å². The van der Waals surface area contributed by atoms with Crippen molar-refractivity contribution in [2.24, 2.45) is 0 Å². The summed E-state index contributed by atoms with van der Waals surface area (Å²) < 4.78 is 0. The van der Waals surface area contributed by atoms with Gasteiger partial charge in [0.1, 0.15) is 0 Å². The summed E-state index contributed by atoms with van der Waals surface area (Å²) in [4.78, 5) is 10.3. The Morgan fingerprint density at radius 2 is 1.88 bits per heavy atom. The monoisotopic (exact) mass is 230 g/mol. The maximum atomic E-state index is 10.3. The second kappa shape index (κ2) is 8.34. The number of carboxylic acid groups (broad SMARTS) is 1. The third kappa shape index (κ3) is 7.12. The van der Waals surface area contributed by atoms with Crippen molar-refractivity contribution in [2.45, 2.75) is 25.7 Å². The van der Waals surface area contributed by atoms with Gasteiger partial charge in [0.25, 0.3) is 0 Å². The minimum absolute atomic E-state index is 0.272. The van der Waals surface area contributed by atoms with E-state index in [-0.39, 0.29) is 6.42 Å². The van der Waals surface area contributed by atoms with Crippen molar-refractivity contribution >= 4 is 12.0 Å². The van der Waals surface area contributed by atoms with Crippen molar-refractivity contribution in [3.8, 4) is 0 Å². The maximum Gasteiger partial charge on any atom is 0.303 e. The van der Waals surface area contributed by atoms with Crippen LogP contribution in [-0.2, 0) is 4.79 Å². The van der Waals surface area contributed by atoms with Crippen LogP contribution in [0.4, 0.5) is 0 Å². The van der Waals surface area contributed by atoms with E-state index in [1.807, 2.05) is 36.4 Å². The Kier molecular flexibility index (Phi) is 6.49. The van der Waals surface area contributed by atoms with E-state index in [0.717, 1.165) is 19.3 Å². The molecule has 0 unspecified atom stereocenters. The average Bonchev–Trinajstić information content (AvgIpc) is 2.33. The fourth-order valence-corrected chi connectivity index (χ4v) is 1.44. The van der Waals surface area contributed by atoms with Crippen LogP contribution in [0.25, 0.3) is 6.08 Å². The summed E-state index contributed by atoms with van der Waals surface area (Å²) in [7, 11) is 0. The van der Waals surface area contributed by atoms with Gasteiger partial charge in [-0.2, -0.15) is 0 Å². The number of rotatable bonds is 7. The van der Waals surface area contributed by atoms with Crippen LogP contribution in [0.5, 0.6) is 0 Å². The molecule has 90 valence electrons. The van der Waals surface area contributed by atoms with Crippen molar-refractivity contribution < 1.29 is 9.90 Å². The maximum absolute atomic E-state index is 10.3. The molecule has 1 aromatic rings. The highest BCUT2D eigenvalue weighted by Crippen LogP contribution is 2.03. The Balaban J connectivity index is 2.14. The molecular formula is C15H18O2. The highest BCUT2D eigenvalue weighted by Gasteiger charge is 1.93. The first-order valence-electron chi connectivity index (χ1n) is 5.89. The third-order valence-electron chi connectivity index (χ3n) is 2.35. The van der Waals surface area contributed by atoms with Gasteiger partial charge in [0.2, 0.25) is 0 Å². The van der Waals surface area contributed by atoms with Gasteiger partial charge in [-0.1, -0.05) is 54.6 Å². The Morgan fingerprint density at radius 3 is 2.59 bits per heavy atom. The van der Waals surface area contributed by atoms with Crippen LogP contribution in [0.2, 0.25) is 0 Å². The van der Waals surface area contributed by atoms with E-state index in [2.05, 4.69) is 18.2 Å². The highest BCUT2D eigenvalue weighted by molar-refractivity contribution is 5.66. The lowest BCUT2D eigenvalue weighted by molar-refractivity contribution is -0.137. The summed E-state index contributed by atoms with van der Waals surface area (Å²) in [6, 6.07) is 10.1. The number of hydrogen-bond acceptors (Lipinski definition) is 1. The van der Waals surface area contributed by atoms with Crippen LogP contribution >= 0.6 is 0 Å². The summed E-state index contributed by atoms with van der Waals surface area (Å²) in [5.41, 5.74) is 1.18. The van der Waals surface area contributed by atoms with Crippen molar-refractivity contribution in [2.75, 3.05) is 0 Å². The molecule has 17 heavy (non-hydrogen) atoms. The molecule has 0 amide bonds. The van der Waals surface area contributed by atoms with Crippen LogP contribution in [0.15, 0.2) is 48.6 Å². The normalized spacial score (nSPS) is 11.3. The van der Waals surface area contributed by atoms with E-state index < -0.39 is 5.97 Å². The molecule has 2 nitrogen and oxygen atoms in total. The Morgan fingerprint density at radius 1 is 1.12 bits per heavy atom. The minimum atomic E-state index is -0.710. The Labute approximate surface area is 102 Å². The van der Waals surface area contributed by atoms with E-state index in [1.165, 1.54) is 5.56 Å². The van der Waals surface area contributed by atoms with Crippen LogP contribution < -0.4 is 0 Å². The smallest absolute Gasteiger partial charge is 0.303 e. The molecule has 0 bridgehead atoms. The summed E-state index contributed by atoms with van der Waals surface area (Å²) in [5.74, 6) is -0.710. The molecule has 0 saturated carbocycles. The quantitative estimate of drug-likeness (QED) is 0.569. The third-order valence-corrected chi connectivity index (χ3v) is 2.35. The fraction of sp³-hybridized carbons (Fsp3) is 0.267. The van der Waals surface area contributed by atoms with E-state index >= 15 is 0 Å². The first kappa shape index (κ1) is 13.2. The molecule has 0 radical (unpaired) electrons. The molecule has 0 atom stereocenters. The molecule has 1 N–H and O–H groups in total. The zero-order chi connectivity index (χ0) is 12.3. The van der Waals surface area contributed by atoms with Crippen LogP contribution in [0.1, 0.15) is 31.2 Å². The number of allylic oxidation sites excluding steroid dienone is 3. The summed E-state index contributed by atoms with van der Waals surface area (Å²) >= 11 is 0. The molecule has 0 saturated heterocycles. The molecular weight excluding hydrogens is 212 g/mol. The van der Waals surface area contributed by atoms with E-state index in [1.54, 1.807) is 0 Å². The summed E-state index contributed by atoms with van der Waals surface area (Å²) in [5, 5.41) is 8.45. The van der Waals surface area contributed by atoms with Crippen molar-refractivity contribution in [1.29, 1.82) is 0 Å². The first-order chi connectivity index (χ1) is 8.29. The molecule has 0 aliphatic carbocycles. The molecule has 0 aliphatic heterocycles. The van der Waals surface area contributed by atoms with Gasteiger partial charge in [-0.3, -0.25) is 4.79 Å². The molecule has 2 heteroatoms. The van der Waals surface area contributed by atoms with Crippen molar-refractivity contribution in [3.63, 3.8) is 0 Å². The molecule has 0 fully saturated rings. The van der Waals surface area contributed by atoms with Crippen LogP contribution in [0.3, 0.4) is 0 Å². The summed E-state index contributed by atoms with van der Waals surface area (Å²) in [6.07, 6.45) is 11.0. The average molecular weight is 230 g/mol. The SMILES string of the molecule is O=C(O)CCCCC=CC=Cc1ccccc1. The standard InChI is InChI=1S/C15H18O2/c16-15(17)13-9-4-2-1-3-6-10-14-11-7-5-8-12-14/h1,3,5-8,10-12H,2,4,9,13H2,(H,16,17). The predicted molar refractivity (Wildman–Crippen MR) is 70.7 cm³/mol. The highest BCUT2D eigenvalue weighted by atomic mass is 16.4. The van der Waals surface area contributed by atoms with Crippen LogP contribution in [0, 0.1) is 0 Å². The molecule has 1 rings (SSSR count). The number of benzene rings is 1. The zero-order valence-corrected chi connectivity index (χ0v) is 9.88. The second-order valence-corrected chi connectivity index (χ2v) is 3.84. The van der Waals surface area contributed by atoms with Gasteiger partial charge in [-0.25, -0.2) is 0 Å². The van der Waals surface area contributed by atoms with E-state index in [0.29, 0.717) is 0 Å².